The van der Waals surface area contributed by atoms with Crippen LogP contribution in [0.4, 0.5) is 0 Å². The average Bonchev–Trinajstić information content (AvgIpc) is 2.04. The summed E-state index contributed by atoms with van der Waals surface area (Å²) in [4.78, 5) is 0. The van der Waals surface area contributed by atoms with E-state index in [1.807, 2.05) is 24.3 Å². The molecule has 1 rings (SSSR count). The fraction of sp³-hybridized carbons (Fsp3) is 0.333. The van der Waals surface area contributed by atoms with Gasteiger partial charge in [0, 0.05) is 12.1 Å². The Labute approximate surface area is 71.9 Å². The first kappa shape index (κ1) is 8.57. The summed E-state index contributed by atoms with van der Waals surface area (Å²) in [5.41, 5.74) is 1.26. The Hall–Kier alpha value is -0.530. The third-order valence-corrected chi connectivity index (χ3v) is 1.76. The van der Waals surface area contributed by atoms with E-state index in [1.54, 1.807) is 7.11 Å². The summed E-state index contributed by atoms with van der Waals surface area (Å²) in [7, 11) is 1.70. The second kappa shape index (κ2) is 4.37. The second-order valence-corrected chi connectivity index (χ2v) is 2.81. The molecule has 0 bridgehead atoms. The zero-order valence-electron chi connectivity index (χ0n) is 6.51. The molecule has 0 amide bonds. The van der Waals surface area contributed by atoms with E-state index in [-0.39, 0.29) is 0 Å². The van der Waals surface area contributed by atoms with E-state index in [9.17, 15) is 0 Å². The predicted octanol–water partition coefficient (Wildman–Crippen LogP) is 2.53. The van der Waals surface area contributed by atoms with Gasteiger partial charge in [0.05, 0.1) is 6.61 Å². The molecule has 0 N–H and O–H groups in total. The van der Waals surface area contributed by atoms with Crippen LogP contribution in [0.5, 0.6) is 0 Å². The van der Waals surface area contributed by atoms with Crippen molar-refractivity contribution < 1.29 is 4.74 Å². The maximum atomic E-state index is 5.71. The van der Waals surface area contributed by atoms with Gasteiger partial charge < -0.3 is 4.74 Å². The van der Waals surface area contributed by atoms with E-state index in [2.05, 4.69) is 0 Å². The molecular formula is C9H11ClO. The minimum Gasteiger partial charge on any atom is -0.384 e. The van der Waals surface area contributed by atoms with Gasteiger partial charge >= 0.3 is 0 Å². The molecule has 0 radical (unpaired) electrons. The Morgan fingerprint density at radius 3 is 2.45 bits per heavy atom. The molecule has 0 spiro atoms. The van der Waals surface area contributed by atoms with Crippen molar-refractivity contribution in [1.82, 2.24) is 0 Å². The van der Waals surface area contributed by atoms with E-state index in [0.29, 0.717) is 0 Å². The molecule has 1 aromatic carbocycles. The number of benzene rings is 1. The number of hydrogen-bond donors (Lipinski definition) is 0. The molecule has 11 heavy (non-hydrogen) atoms. The Balaban J connectivity index is 2.52. The first-order valence-corrected chi connectivity index (χ1v) is 3.94. The highest BCUT2D eigenvalue weighted by Gasteiger charge is 1.91. The zero-order chi connectivity index (χ0) is 8.10. The Kier molecular flexibility index (Phi) is 3.40. The maximum absolute atomic E-state index is 5.71. The van der Waals surface area contributed by atoms with Crippen molar-refractivity contribution in [3.05, 3.63) is 34.9 Å². The van der Waals surface area contributed by atoms with Crippen molar-refractivity contribution in [1.29, 1.82) is 0 Å². The molecular weight excluding hydrogens is 160 g/mol. The van der Waals surface area contributed by atoms with Crippen molar-refractivity contribution in [2.75, 3.05) is 13.7 Å². The zero-order valence-corrected chi connectivity index (χ0v) is 7.27. The molecule has 0 atom stereocenters. The van der Waals surface area contributed by atoms with E-state index in [4.69, 9.17) is 16.3 Å². The largest absolute Gasteiger partial charge is 0.384 e. The van der Waals surface area contributed by atoms with Crippen LogP contribution in [0.2, 0.25) is 5.02 Å². The highest BCUT2D eigenvalue weighted by atomic mass is 35.5. The molecule has 1 aromatic rings. The fourth-order valence-electron chi connectivity index (χ4n) is 0.871. The Morgan fingerprint density at radius 2 is 1.91 bits per heavy atom. The van der Waals surface area contributed by atoms with Gasteiger partial charge in [0.15, 0.2) is 0 Å². The quantitative estimate of drug-likeness (QED) is 0.678. The van der Waals surface area contributed by atoms with Gasteiger partial charge in [-0.15, -0.1) is 0 Å². The molecule has 1 nitrogen and oxygen atoms in total. The lowest BCUT2D eigenvalue weighted by Gasteiger charge is -1.98. The Bertz CT molecular complexity index is 205. The summed E-state index contributed by atoms with van der Waals surface area (Å²) < 4.78 is 4.94. The topological polar surface area (TPSA) is 9.23 Å². The summed E-state index contributed by atoms with van der Waals surface area (Å²) in [6.07, 6.45) is 0.952. The SMILES string of the molecule is COCCc1ccc(Cl)cc1. The monoisotopic (exact) mass is 170 g/mol. The van der Waals surface area contributed by atoms with Crippen molar-refractivity contribution in [2.24, 2.45) is 0 Å². The molecule has 0 heterocycles. The van der Waals surface area contributed by atoms with Crippen LogP contribution in [-0.4, -0.2) is 13.7 Å². The molecule has 60 valence electrons. The number of halogens is 1. The van der Waals surface area contributed by atoms with E-state index >= 15 is 0 Å². The lowest BCUT2D eigenvalue weighted by Crippen LogP contribution is -1.93. The predicted molar refractivity (Wildman–Crippen MR) is 47.0 cm³/mol. The summed E-state index contributed by atoms with van der Waals surface area (Å²) in [5.74, 6) is 0. The van der Waals surface area contributed by atoms with Crippen LogP contribution < -0.4 is 0 Å². The standard InChI is InChI=1S/C9H11ClO/c1-11-7-6-8-2-4-9(10)5-3-8/h2-5H,6-7H2,1H3. The highest BCUT2D eigenvalue weighted by Crippen LogP contribution is 2.09. The molecule has 0 saturated heterocycles. The number of hydrogen-bond acceptors (Lipinski definition) is 1. The van der Waals surface area contributed by atoms with E-state index in [1.165, 1.54) is 5.56 Å². The average molecular weight is 171 g/mol. The van der Waals surface area contributed by atoms with Crippen molar-refractivity contribution >= 4 is 11.6 Å². The lowest BCUT2D eigenvalue weighted by atomic mass is 10.2. The molecule has 0 aromatic heterocycles. The normalized spacial score (nSPS) is 10.0. The van der Waals surface area contributed by atoms with Crippen LogP contribution in [-0.2, 0) is 11.2 Å². The first-order chi connectivity index (χ1) is 5.33. The number of methoxy groups -OCH3 is 1. The minimum absolute atomic E-state index is 0.766. The molecule has 0 unspecified atom stereocenters. The van der Waals surface area contributed by atoms with Gasteiger partial charge in [0.25, 0.3) is 0 Å². The molecule has 2 heteroatoms. The highest BCUT2D eigenvalue weighted by molar-refractivity contribution is 6.30. The van der Waals surface area contributed by atoms with Gasteiger partial charge in [-0.05, 0) is 24.1 Å². The Morgan fingerprint density at radius 1 is 1.27 bits per heavy atom. The van der Waals surface area contributed by atoms with Crippen LogP contribution in [0.3, 0.4) is 0 Å². The van der Waals surface area contributed by atoms with E-state index < -0.39 is 0 Å². The van der Waals surface area contributed by atoms with Gasteiger partial charge in [0.2, 0.25) is 0 Å². The molecule has 0 aliphatic rings. The summed E-state index contributed by atoms with van der Waals surface area (Å²) in [6, 6.07) is 7.82. The van der Waals surface area contributed by atoms with Crippen LogP contribution in [0.15, 0.2) is 24.3 Å². The smallest absolute Gasteiger partial charge is 0.0502 e. The molecule has 0 aliphatic carbocycles. The van der Waals surface area contributed by atoms with Crippen LogP contribution >= 0.6 is 11.6 Å². The third kappa shape index (κ3) is 2.91. The van der Waals surface area contributed by atoms with Gasteiger partial charge in [0.1, 0.15) is 0 Å². The summed E-state index contributed by atoms with van der Waals surface area (Å²) in [6.45, 7) is 0.766. The van der Waals surface area contributed by atoms with E-state index in [0.717, 1.165) is 18.1 Å². The van der Waals surface area contributed by atoms with Crippen molar-refractivity contribution in [3.63, 3.8) is 0 Å². The maximum Gasteiger partial charge on any atom is 0.0502 e. The van der Waals surface area contributed by atoms with Crippen LogP contribution in [0, 0.1) is 0 Å². The van der Waals surface area contributed by atoms with Crippen LogP contribution in [0.25, 0.3) is 0 Å². The van der Waals surface area contributed by atoms with Crippen molar-refractivity contribution in [2.45, 2.75) is 6.42 Å². The number of ether oxygens (including phenoxy) is 1. The molecule has 0 saturated carbocycles. The van der Waals surface area contributed by atoms with Crippen molar-refractivity contribution in [3.8, 4) is 0 Å². The first-order valence-electron chi connectivity index (χ1n) is 3.56. The van der Waals surface area contributed by atoms with Gasteiger partial charge in [-0.1, -0.05) is 23.7 Å². The third-order valence-electron chi connectivity index (χ3n) is 1.51. The lowest BCUT2D eigenvalue weighted by molar-refractivity contribution is 0.202. The summed E-state index contributed by atoms with van der Waals surface area (Å²) >= 11 is 5.71. The molecule has 0 aliphatic heterocycles. The van der Waals surface area contributed by atoms with Gasteiger partial charge in [-0.25, -0.2) is 0 Å². The summed E-state index contributed by atoms with van der Waals surface area (Å²) in [5, 5.41) is 0.783. The van der Waals surface area contributed by atoms with Crippen LogP contribution in [0.1, 0.15) is 5.56 Å². The number of rotatable bonds is 3. The fourth-order valence-corrected chi connectivity index (χ4v) is 0.997. The van der Waals surface area contributed by atoms with Gasteiger partial charge in [-0.2, -0.15) is 0 Å². The van der Waals surface area contributed by atoms with Gasteiger partial charge in [-0.3, -0.25) is 0 Å². The second-order valence-electron chi connectivity index (χ2n) is 2.37. The molecule has 0 fully saturated rings. The minimum atomic E-state index is 0.766.